The summed E-state index contributed by atoms with van der Waals surface area (Å²) < 4.78 is 0. The van der Waals surface area contributed by atoms with Gasteiger partial charge in [-0.1, -0.05) is 29.8 Å². The zero-order valence-corrected chi connectivity index (χ0v) is 12.6. The maximum absolute atomic E-state index is 12.6. The van der Waals surface area contributed by atoms with Crippen LogP contribution in [0, 0.1) is 6.92 Å². The summed E-state index contributed by atoms with van der Waals surface area (Å²) in [7, 11) is 0. The zero-order valence-electron chi connectivity index (χ0n) is 11.9. The molecule has 3 rings (SSSR count). The molecule has 1 amide bonds. The number of nitrogens with one attached hydrogen (secondary N) is 2. The van der Waals surface area contributed by atoms with Crippen molar-refractivity contribution in [3.8, 4) is 0 Å². The van der Waals surface area contributed by atoms with Gasteiger partial charge in [-0.05, 0) is 54.8 Å². The highest BCUT2D eigenvalue weighted by Gasteiger charge is 2.17. The van der Waals surface area contributed by atoms with Gasteiger partial charge in [0.1, 0.15) is 0 Å². The Balaban J connectivity index is 1.91. The lowest BCUT2D eigenvalue weighted by Crippen LogP contribution is -2.26. The van der Waals surface area contributed by atoms with E-state index in [0.29, 0.717) is 10.7 Å². The van der Waals surface area contributed by atoms with E-state index in [4.69, 9.17) is 11.6 Å². The normalized spacial score (nSPS) is 13.6. The van der Waals surface area contributed by atoms with Gasteiger partial charge in [0.2, 0.25) is 0 Å². The zero-order chi connectivity index (χ0) is 14.8. The molecule has 0 spiro atoms. The van der Waals surface area contributed by atoms with Crippen molar-refractivity contribution in [2.24, 2.45) is 0 Å². The summed E-state index contributed by atoms with van der Waals surface area (Å²) in [4.78, 5) is 12.6. The van der Waals surface area contributed by atoms with E-state index < -0.39 is 0 Å². The molecule has 2 aromatic carbocycles. The van der Waals surface area contributed by atoms with Crippen molar-refractivity contribution < 1.29 is 4.79 Å². The van der Waals surface area contributed by atoms with Crippen LogP contribution in [0.2, 0.25) is 5.02 Å². The van der Waals surface area contributed by atoms with Crippen LogP contribution < -0.4 is 10.6 Å². The van der Waals surface area contributed by atoms with Crippen molar-refractivity contribution in [2.75, 3.05) is 11.9 Å². The Kier molecular flexibility index (Phi) is 3.95. The Hall–Kier alpha value is -1.84. The van der Waals surface area contributed by atoms with Gasteiger partial charge in [0, 0.05) is 12.1 Å². The number of carbonyl (C=O) groups excluding carboxylic acids is 1. The van der Waals surface area contributed by atoms with Crippen LogP contribution in [0.25, 0.3) is 0 Å². The molecule has 0 bridgehead atoms. The van der Waals surface area contributed by atoms with E-state index in [1.54, 1.807) is 6.07 Å². The van der Waals surface area contributed by atoms with Gasteiger partial charge in [-0.25, -0.2) is 0 Å². The van der Waals surface area contributed by atoms with Crippen LogP contribution in [0.1, 0.15) is 27.0 Å². The second kappa shape index (κ2) is 5.88. The van der Waals surface area contributed by atoms with Crippen molar-refractivity contribution in [1.29, 1.82) is 0 Å². The van der Waals surface area contributed by atoms with E-state index in [1.165, 1.54) is 5.56 Å². The lowest BCUT2D eigenvalue weighted by molar-refractivity contribution is 0.102. The highest BCUT2D eigenvalue weighted by molar-refractivity contribution is 6.34. The molecular weight excluding hydrogens is 284 g/mol. The number of fused-ring (bicyclic) bond motifs is 1. The molecule has 0 radical (unpaired) electrons. The Bertz CT molecular complexity index is 697. The second-order valence-corrected chi connectivity index (χ2v) is 5.71. The molecule has 4 heteroatoms. The quantitative estimate of drug-likeness (QED) is 0.890. The molecule has 0 saturated heterocycles. The number of anilines is 1. The largest absolute Gasteiger partial charge is 0.321 e. The summed E-state index contributed by atoms with van der Waals surface area (Å²) >= 11 is 6.15. The number of rotatable bonds is 2. The molecule has 3 nitrogen and oxygen atoms in total. The highest BCUT2D eigenvalue weighted by Crippen LogP contribution is 2.25. The van der Waals surface area contributed by atoms with Crippen LogP contribution in [0.15, 0.2) is 36.4 Å². The smallest absolute Gasteiger partial charge is 0.255 e. The average molecular weight is 301 g/mol. The first-order valence-electron chi connectivity index (χ1n) is 7.04. The topological polar surface area (TPSA) is 41.1 Å². The second-order valence-electron chi connectivity index (χ2n) is 5.31. The predicted molar refractivity (Wildman–Crippen MR) is 86.0 cm³/mol. The van der Waals surface area contributed by atoms with Crippen molar-refractivity contribution in [3.05, 3.63) is 63.7 Å². The third-order valence-electron chi connectivity index (χ3n) is 3.75. The molecule has 0 unspecified atom stereocenters. The third kappa shape index (κ3) is 2.94. The molecule has 0 saturated carbocycles. The fourth-order valence-electron chi connectivity index (χ4n) is 2.67. The highest BCUT2D eigenvalue weighted by atomic mass is 35.5. The van der Waals surface area contributed by atoms with Crippen molar-refractivity contribution in [1.82, 2.24) is 5.32 Å². The molecule has 21 heavy (non-hydrogen) atoms. The number of hydrogen-bond acceptors (Lipinski definition) is 2. The summed E-state index contributed by atoms with van der Waals surface area (Å²) in [5.74, 6) is -0.0961. The first-order valence-corrected chi connectivity index (χ1v) is 7.42. The number of halogens is 1. The van der Waals surface area contributed by atoms with Crippen LogP contribution >= 0.6 is 11.6 Å². The molecule has 1 aliphatic rings. The molecule has 0 aliphatic carbocycles. The number of hydrogen-bond donors (Lipinski definition) is 2. The van der Waals surface area contributed by atoms with E-state index in [9.17, 15) is 4.79 Å². The Morgan fingerprint density at radius 1 is 1.29 bits per heavy atom. The van der Waals surface area contributed by atoms with Crippen molar-refractivity contribution in [2.45, 2.75) is 19.9 Å². The van der Waals surface area contributed by atoms with Gasteiger partial charge < -0.3 is 10.6 Å². The summed E-state index contributed by atoms with van der Waals surface area (Å²) in [6.07, 6.45) is 0.875. The first kappa shape index (κ1) is 14.1. The number of amides is 1. The van der Waals surface area contributed by atoms with Gasteiger partial charge >= 0.3 is 0 Å². The number of benzene rings is 2. The van der Waals surface area contributed by atoms with Gasteiger partial charge in [0.05, 0.1) is 10.7 Å². The molecule has 0 fully saturated rings. The average Bonchev–Trinajstić information content (AvgIpc) is 2.50. The molecule has 2 aromatic rings. The van der Waals surface area contributed by atoms with Crippen LogP contribution in [0.4, 0.5) is 5.69 Å². The lowest BCUT2D eigenvalue weighted by Gasteiger charge is -2.20. The summed E-state index contributed by atoms with van der Waals surface area (Å²) in [6.45, 7) is 3.70. The SMILES string of the molecule is Cc1ccc(Cl)c(NC(=O)c2cccc3c2CCNC3)c1. The monoisotopic (exact) mass is 300 g/mol. The Morgan fingerprint density at radius 2 is 2.14 bits per heavy atom. The van der Waals surface area contributed by atoms with E-state index in [1.807, 2.05) is 31.2 Å². The molecule has 108 valence electrons. The van der Waals surface area contributed by atoms with E-state index in [2.05, 4.69) is 16.7 Å². The molecular formula is C17H17ClN2O. The van der Waals surface area contributed by atoms with E-state index >= 15 is 0 Å². The van der Waals surface area contributed by atoms with Crippen LogP contribution in [0.3, 0.4) is 0 Å². The van der Waals surface area contributed by atoms with Gasteiger partial charge in [-0.15, -0.1) is 0 Å². The summed E-state index contributed by atoms with van der Waals surface area (Å²) in [5.41, 5.74) is 4.80. The van der Waals surface area contributed by atoms with Gasteiger partial charge in [-0.3, -0.25) is 4.79 Å². The maximum atomic E-state index is 12.6. The standard InChI is InChI=1S/C17H17ClN2O/c1-11-5-6-15(18)16(9-11)20-17(21)14-4-2-3-12-10-19-8-7-13(12)14/h2-6,9,19H,7-8,10H2,1H3,(H,20,21). The van der Waals surface area contributed by atoms with Crippen LogP contribution in [-0.4, -0.2) is 12.5 Å². The number of aryl methyl sites for hydroxylation is 1. The minimum Gasteiger partial charge on any atom is -0.321 e. The van der Waals surface area contributed by atoms with E-state index in [-0.39, 0.29) is 5.91 Å². The minimum atomic E-state index is -0.0961. The Labute approximate surface area is 129 Å². The first-order chi connectivity index (χ1) is 10.1. The number of carbonyl (C=O) groups is 1. The molecule has 1 heterocycles. The predicted octanol–water partition coefficient (Wildman–Crippen LogP) is 3.55. The molecule has 2 N–H and O–H groups in total. The maximum Gasteiger partial charge on any atom is 0.255 e. The molecule has 1 aliphatic heterocycles. The summed E-state index contributed by atoms with van der Waals surface area (Å²) in [5, 5.41) is 6.80. The van der Waals surface area contributed by atoms with Crippen molar-refractivity contribution >= 4 is 23.2 Å². The molecule has 0 atom stereocenters. The van der Waals surface area contributed by atoms with Crippen LogP contribution in [-0.2, 0) is 13.0 Å². The van der Waals surface area contributed by atoms with Gasteiger partial charge in [0.25, 0.3) is 5.91 Å². The van der Waals surface area contributed by atoms with Crippen molar-refractivity contribution in [3.63, 3.8) is 0 Å². The third-order valence-corrected chi connectivity index (χ3v) is 4.08. The Morgan fingerprint density at radius 3 is 3.00 bits per heavy atom. The minimum absolute atomic E-state index is 0.0961. The lowest BCUT2D eigenvalue weighted by atomic mass is 9.95. The molecule has 0 aromatic heterocycles. The van der Waals surface area contributed by atoms with Crippen LogP contribution in [0.5, 0.6) is 0 Å². The van der Waals surface area contributed by atoms with Gasteiger partial charge in [0.15, 0.2) is 0 Å². The van der Waals surface area contributed by atoms with E-state index in [0.717, 1.165) is 36.2 Å². The van der Waals surface area contributed by atoms with Gasteiger partial charge in [-0.2, -0.15) is 0 Å². The fraction of sp³-hybridized carbons (Fsp3) is 0.235. The fourth-order valence-corrected chi connectivity index (χ4v) is 2.83. The summed E-state index contributed by atoms with van der Waals surface area (Å²) in [6, 6.07) is 11.5.